The number of non-ortho nitro benzene ring substituents is 1. The summed E-state index contributed by atoms with van der Waals surface area (Å²) in [4.78, 5) is 18.2. The van der Waals surface area contributed by atoms with Gasteiger partial charge in [0.1, 0.15) is 49.0 Å². The van der Waals surface area contributed by atoms with Gasteiger partial charge in [0.05, 0.1) is 10.5 Å². The molecule has 0 saturated heterocycles. The van der Waals surface area contributed by atoms with Crippen LogP contribution in [0, 0.1) is 20.9 Å². The topological polar surface area (TPSA) is 141 Å². The molecule has 0 saturated carbocycles. The monoisotopic (exact) mass is 691 g/mol. The summed E-state index contributed by atoms with van der Waals surface area (Å²) in [5.41, 5.74) is -1.28. The van der Waals surface area contributed by atoms with Gasteiger partial charge in [0.2, 0.25) is 12.5 Å². The molecule has 49 heavy (non-hydrogen) atoms. The van der Waals surface area contributed by atoms with E-state index < -0.39 is 35.2 Å². The molecular weight excluding hydrogens is 647 g/mol. The maximum atomic E-state index is 12.9. The van der Waals surface area contributed by atoms with Gasteiger partial charge in [-0.15, -0.1) is 0 Å². The van der Waals surface area contributed by atoms with E-state index in [9.17, 15) is 23.3 Å². The first-order valence-electron chi connectivity index (χ1n) is 15.6. The molecule has 4 unspecified atom stereocenters. The molecule has 2 heterocycles. The number of ether oxygens (including phenoxy) is 4. The molecule has 0 amide bonds. The lowest BCUT2D eigenvalue weighted by Crippen LogP contribution is -2.42. The first kappa shape index (κ1) is 38.9. The Balaban J connectivity index is 0.000000266. The molecule has 16 heteroatoms. The summed E-state index contributed by atoms with van der Waals surface area (Å²) in [6.45, 7) is 14.6. The molecule has 0 radical (unpaired) electrons. The largest absolute Gasteiger partial charge is 0.466 e. The van der Waals surface area contributed by atoms with Crippen molar-refractivity contribution in [3.63, 3.8) is 0 Å². The van der Waals surface area contributed by atoms with Crippen LogP contribution >= 0.6 is 0 Å². The van der Waals surface area contributed by atoms with E-state index in [0.717, 1.165) is 18.6 Å². The summed E-state index contributed by atoms with van der Waals surface area (Å²) in [7, 11) is 1.52. The maximum Gasteiger partial charge on any atom is 0.416 e. The lowest BCUT2D eigenvalue weighted by atomic mass is 9.82. The Hall–Kier alpha value is -4.57. The number of nitro benzene ring substituents is 1. The van der Waals surface area contributed by atoms with Crippen LogP contribution < -0.4 is 9.47 Å². The number of nitrogens with zero attached hydrogens (tertiary/aromatic N) is 7. The molecule has 0 N–H and O–H groups in total. The third-order valence-corrected chi connectivity index (χ3v) is 7.77. The Morgan fingerprint density at radius 3 is 1.82 bits per heavy atom. The molecule has 4 aromatic rings. The lowest BCUT2D eigenvalue weighted by Gasteiger charge is -2.38. The molecular formula is C33H44F3N7O6. The number of benzene rings is 2. The summed E-state index contributed by atoms with van der Waals surface area (Å²) in [5, 5.41) is 19.1. The Morgan fingerprint density at radius 1 is 0.837 bits per heavy atom. The SMILES string of the molecule is CCOC(C(Oc1ccc([N+](=O)[O-])cc1)n1cncn1)C(C)(C)CC.COC(C(Oc1cccc(C(F)(F)F)c1)n1cncn1)C(C)(C)C. The van der Waals surface area contributed by atoms with E-state index in [-0.39, 0.29) is 28.4 Å². The fourth-order valence-corrected chi connectivity index (χ4v) is 4.85. The van der Waals surface area contributed by atoms with Crippen LogP contribution in [0.25, 0.3) is 0 Å². The van der Waals surface area contributed by atoms with E-state index >= 15 is 0 Å². The fraction of sp³-hybridized carbons (Fsp3) is 0.515. The smallest absolute Gasteiger partial charge is 0.416 e. The second kappa shape index (κ2) is 16.7. The average molecular weight is 692 g/mol. The third kappa shape index (κ3) is 10.7. The number of rotatable bonds is 14. The molecule has 0 spiro atoms. The highest BCUT2D eigenvalue weighted by atomic mass is 19.4. The summed E-state index contributed by atoms with van der Waals surface area (Å²) in [6, 6.07) is 10.7. The van der Waals surface area contributed by atoms with E-state index in [1.807, 2.05) is 27.7 Å². The summed E-state index contributed by atoms with van der Waals surface area (Å²) in [5.74, 6) is 0.583. The van der Waals surface area contributed by atoms with Gasteiger partial charge < -0.3 is 18.9 Å². The van der Waals surface area contributed by atoms with E-state index in [0.29, 0.717) is 12.4 Å². The van der Waals surface area contributed by atoms with Gasteiger partial charge in [-0.2, -0.15) is 23.4 Å². The number of alkyl halides is 3. The zero-order valence-corrected chi connectivity index (χ0v) is 28.9. The first-order chi connectivity index (χ1) is 23.0. The molecule has 4 rings (SSSR count). The molecule has 268 valence electrons. The third-order valence-electron chi connectivity index (χ3n) is 7.77. The number of halogens is 3. The minimum atomic E-state index is -4.44. The molecule has 2 aromatic heterocycles. The Bertz CT molecular complexity index is 1560. The van der Waals surface area contributed by atoms with Crippen LogP contribution in [0.2, 0.25) is 0 Å². The molecule has 0 fully saturated rings. The molecule has 0 aliphatic rings. The van der Waals surface area contributed by atoms with Gasteiger partial charge in [-0.05, 0) is 54.5 Å². The van der Waals surface area contributed by atoms with Crippen LogP contribution in [0.4, 0.5) is 18.9 Å². The van der Waals surface area contributed by atoms with Crippen molar-refractivity contribution in [3.05, 3.63) is 89.5 Å². The second-order valence-electron chi connectivity index (χ2n) is 12.8. The van der Waals surface area contributed by atoms with Gasteiger partial charge in [-0.3, -0.25) is 10.1 Å². The fourth-order valence-electron chi connectivity index (χ4n) is 4.85. The van der Waals surface area contributed by atoms with Crippen molar-refractivity contribution < 1.29 is 37.0 Å². The normalized spacial score (nSPS) is 14.6. The summed E-state index contributed by atoms with van der Waals surface area (Å²) >= 11 is 0. The highest BCUT2D eigenvalue weighted by molar-refractivity contribution is 5.36. The van der Waals surface area contributed by atoms with Crippen LogP contribution in [-0.2, 0) is 15.7 Å². The molecule has 0 aliphatic heterocycles. The highest BCUT2D eigenvalue weighted by Crippen LogP contribution is 2.37. The van der Waals surface area contributed by atoms with Crippen LogP contribution in [0.1, 0.15) is 72.9 Å². The van der Waals surface area contributed by atoms with Gasteiger partial charge in [-0.1, -0.05) is 47.6 Å². The van der Waals surface area contributed by atoms with Gasteiger partial charge in [0.25, 0.3) is 5.69 Å². The van der Waals surface area contributed by atoms with Crippen LogP contribution in [0.5, 0.6) is 11.5 Å². The highest BCUT2D eigenvalue weighted by Gasteiger charge is 2.39. The van der Waals surface area contributed by atoms with Crippen LogP contribution in [-0.4, -0.2) is 60.4 Å². The number of aromatic nitrogens is 6. The molecule has 0 aliphatic carbocycles. The van der Waals surface area contributed by atoms with E-state index in [4.69, 9.17) is 18.9 Å². The van der Waals surface area contributed by atoms with Crippen molar-refractivity contribution in [2.24, 2.45) is 10.8 Å². The maximum absolute atomic E-state index is 12.9. The van der Waals surface area contributed by atoms with Crippen molar-refractivity contribution >= 4 is 5.69 Å². The number of hydrogen-bond acceptors (Lipinski definition) is 10. The standard InChI is InChI=1S/C17H24N4O4.C16H20F3N3O2/c1-5-17(3,4)15(24-6-2)16(20-12-18-11-19-20)25-14-9-7-13(8-10-14)21(22)23;1-15(2,3)13(23-4)14(22-10-20-9-21-22)24-12-7-5-6-11(8-12)16(17,18)19/h7-12,15-16H,5-6H2,1-4H3;5-10,13-14H,1-4H3. The van der Waals surface area contributed by atoms with Crippen LogP contribution in [0.3, 0.4) is 0 Å². The van der Waals surface area contributed by atoms with Crippen molar-refractivity contribution in [1.82, 2.24) is 29.5 Å². The second-order valence-corrected chi connectivity index (χ2v) is 12.8. The van der Waals surface area contributed by atoms with Gasteiger partial charge in [0.15, 0.2) is 0 Å². The minimum Gasteiger partial charge on any atom is -0.466 e. The predicted molar refractivity (Wildman–Crippen MR) is 174 cm³/mol. The molecule has 0 bridgehead atoms. The quantitative estimate of drug-likeness (QED) is 0.0962. The van der Waals surface area contributed by atoms with Crippen molar-refractivity contribution in [2.45, 2.75) is 85.7 Å². The van der Waals surface area contributed by atoms with Gasteiger partial charge >= 0.3 is 6.18 Å². The molecule has 13 nitrogen and oxygen atoms in total. The summed E-state index contributed by atoms with van der Waals surface area (Å²) in [6.07, 6.45) is 0.183. The van der Waals surface area contributed by atoms with Gasteiger partial charge in [-0.25, -0.2) is 19.3 Å². The molecule has 2 aromatic carbocycles. The van der Waals surface area contributed by atoms with E-state index in [2.05, 4.69) is 40.9 Å². The Morgan fingerprint density at radius 2 is 1.39 bits per heavy atom. The first-order valence-corrected chi connectivity index (χ1v) is 15.6. The summed E-state index contributed by atoms with van der Waals surface area (Å²) < 4.78 is 65.1. The van der Waals surface area contributed by atoms with Crippen molar-refractivity contribution in [3.8, 4) is 11.5 Å². The van der Waals surface area contributed by atoms with Crippen molar-refractivity contribution in [1.29, 1.82) is 0 Å². The van der Waals surface area contributed by atoms with E-state index in [1.54, 1.807) is 23.1 Å². The average Bonchev–Trinajstić information content (AvgIpc) is 3.78. The van der Waals surface area contributed by atoms with Crippen LogP contribution in [0.15, 0.2) is 73.8 Å². The zero-order valence-electron chi connectivity index (χ0n) is 28.9. The Labute approximate surface area is 283 Å². The minimum absolute atomic E-state index is 0.0138. The zero-order chi connectivity index (χ0) is 36.4. The van der Waals surface area contributed by atoms with Gasteiger partial charge in [0, 0.05) is 25.8 Å². The molecule has 4 atom stereocenters. The number of nitro groups is 1. The van der Waals surface area contributed by atoms with Crippen molar-refractivity contribution in [2.75, 3.05) is 13.7 Å². The lowest BCUT2D eigenvalue weighted by molar-refractivity contribution is -0.384. The Kier molecular flexibility index (Phi) is 13.2. The number of methoxy groups -OCH3 is 1. The predicted octanol–water partition coefficient (Wildman–Crippen LogP) is 7.54. The van der Waals surface area contributed by atoms with E-state index in [1.165, 1.54) is 55.0 Å². The number of hydrogen-bond donors (Lipinski definition) is 0.